The van der Waals surface area contributed by atoms with E-state index >= 15 is 0 Å². The second-order valence-electron chi connectivity index (χ2n) is 5.79. The lowest BCUT2D eigenvalue weighted by atomic mass is 10.1. The molecule has 0 N–H and O–H groups in total. The maximum absolute atomic E-state index is 12.0. The summed E-state index contributed by atoms with van der Waals surface area (Å²) in [7, 11) is -1.39. The zero-order valence-corrected chi connectivity index (χ0v) is 14.3. The highest BCUT2D eigenvalue weighted by Gasteiger charge is 2.18. The minimum absolute atomic E-state index is 0.134. The van der Waals surface area contributed by atoms with Gasteiger partial charge in [-0.3, -0.25) is 4.79 Å². The molecule has 0 fully saturated rings. The van der Waals surface area contributed by atoms with E-state index in [1.165, 1.54) is 6.26 Å². The van der Waals surface area contributed by atoms with Crippen molar-refractivity contribution in [3.8, 4) is 0 Å². The minimum Gasteiger partial charge on any atom is -0.463 e. The van der Waals surface area contributed by atoms with Gasteiger partial charge in [0.25, 0.3) is 0 Å². The lowest BCUT2D eigenvalue weighted by Gasteiger charge is -2.08. The predicted octanol–water partition coefficient (Wildman–Crippen LogP) is 2.38. The Balaban J connectivity index is 2.57. The van der Waals surface area contributed by atoms with Crippen LogP contribution in [0.1, 0.15) is 25.1 Å². The molecule has 6 heteroatoms. The van der Waals surface area contributed by atoms with Gasteiger partial charge in [0.2, 0.25) is 0 Å². The van der Waals surface area contributed by atoms with Crippen LogP contribution in [-0.4, -0.2) is 31.3 Å². The van der Waals surface area contributed by atoms with Crippen molar-refractivity contribution in [3.05, 3.63) is 29.5 Å². The number of esters is 1. The van der Waals surface area contributed by atoms with E-state index < -0.39 is 9.84 Å². The van der Waals surface area contributed by atoms with Gasteiger partial charge in [-0.05, 0) is 44.5 Å². The molecule has 0 bridgehead atoms. The number of ether oxygens (including phenoxy) is 1. The van der Waals surface area contributed by atoms with E-state index in [0.29, 0.717) is 0 Å². The first kappa shape index (κ1) is 16.5. The highest BCUT2D eigenvalue weighted by Crippen LogP contribution is 2.28. The summed E-state index contributed by atoms with van der Waals surface area (Å²) in [6, 6.07) is 5.00. The Bertz CT molecular complexity index is 831. The normalized spacial score (nSPS) is 12.1. The molecule has 0 aliphatic heterocycles. The molecule has 5 nitrogen and oxygen atoms in total. The molecule has 0 aliphatic rings. The minimum atomic E-state index is -3.29. The molecule has 0 saturated carbocycles. The molecule has 1 heterocycles. The van der Waals surface area contributed by atoms with Crippen LogP contribution in [0.25, 0.3) is 10.9 Å². The van der Waals surface area contributed by atoms with Gasteiger partial charge in [-0.2, -0.15) is 0 Å². The van der Waals surface area contributed by atoms with Crippen LogP contribution in [0.4, 0.5) is 0 Å². The highest BCUT2D eigenvalue weighted by atomic mass is 32.2. The van der Waals surface area contributed by atoms with Crippen LogP contribution in [0, 0.1) is 6.92 Å². The second-order valence-corrected chi connectivity index (χ2v) is 7.81. The van der Waals surface area contributed by atoms with Crippen LogP contribution in [0.5, 0.6) is 0 Å². The van der Waals surface area contributed by atoms with Gasteiger partial charge in [-0.25, -0.2) is 8.42 Å². The van der Waals surface area contributed by atoms with Crippen molar-refractivity contribution < 1.29 is 17.9 Å². The Hall–Kier alpha value is -1.82. The van der Waals surface area contributed by atoms with E-state index in [-0.39, 0.29) is 23.4 Å². The molecule has 0 unspecified atom stereocenters. The molecule has 2 rings (SSSR count). The molecular weight excluding hydrogens is 302 g/mol. The van der Waals surface area contributed by atoms with E-state index in [0.717, 1.165) is 22.2 Å². The average Bonchev–Trinajstić information content (AvgIpc) is 2.62. The SMILES string of the molecule is Cc1c(CC(=O)OC(C)C)c2cc(S(C)(=O)=O)ccc2n1C. The van der Waals surface area contributed by atoms with Crippen LogP contribution in [0.2, 0.25) is 0 Å². The predicted molar refractivity (Wildman–Crippen MR) is 85.7 cm³/mol. The molecule has 22 heavy (non-hydrogen) atoms. The van der Waals surface area contributed by atoms with Crippen molar-refractivity contribution in [2.45, 2.75) is 38.2 Å². The molecule has 0 amide bonds. The summed E-state index contributed by atoms with van der Waals surface area (Å²) in [6.07, 6.45) is 1.14. The fraction of sp³-hybridized carbons (Fsp3) is 0.438. The number of hydrogen-bond acceptors (Lipinski definition) is 4. The molecule has 2 aromatic rings. The van der Waals surface area contributed by atoms with E-state index in [9.17, 15) is 13.2 Å². The Morgan fingerprint density at radius 3 is 2.50 bits per heavy atom. The molecule has 120 valence electrons. The highest BCUT2D eigenvalue weighted by molar-refractivity contribution is 7.90. The van der Waals surface area contributed by atoms with Crippen molar-refractivity contribution >= 4 is 26.7 Å². The zero-order valence-electron chi connectivity index (χ0n) is 13.5. The molecule has 0 saturated heterocycles. The van der Waals surface area contributed by atoms with E-state index in [2.05, 4.69) is 0 Å². The van der Waals surface area contributed by atoms with Gasteiger partial charge < -0.3 is 9.30 Å². The first-order chi connectivity index (χ1) is 10.1. The monoisotopic (exact) mass is 323 g/mol. The first-order valence-corrected chi connectivity index (χ1v) is 8.98. The second kappa shape index (κ2) is 5.76. The lowest BCUT2D eigenvalue weighted by Crippen LogP contribution is -2.14. The summed E-state index contributed by atoms with van der Waals surface area (Å²) in [4.78, 5) is 12.2. The maximum atomic E-state index is 12.0. The van der Waals surface area contributed by atoms with Crippen LogP contribution in [0.3, 0.4) is 0 Å². The molecular formula is C16H21NO4S. The molecule has 0 radical (unpaired) electrons. The molecule has 1 aromatic heterocycles. The van der Waals surface area contributed by atoms with Crippen molar-refractivity contribution in [3.63, 3.8) is 0 Å². The number of benzene rings is 1. The van der Waals surface area contributed by atoms with E-state index in [1.807, 2.05) is 18.5 Å². The van der Waals surface area contributed by atoms with Crippen molar-refractivity contribution in [1.29, 1.82) is 0 Å². The lowest BCUT2D eigenvalue weighted by molar-refractivity contribution is -0.146. The molecule has 0 atom stereocenters. The van der Waals surface area contributed by atoms with Gasteiger partial charge in [0.05, 0.1) is 17.4 Å². The Kier molecular flexibility index (Phi) is 4.33. The van der Waals surface area contributed by atoms with Gasteiger partial charge >= 0.3 is 5.97 Å². The summed E-state index contributed by atoms with van der Waals surface area (Å²) in [5.41, 5.74) is 2.65. The van der Waals surface area contributed by atoms with E-state index in [4.69, 9.17) is 4.74 Å². The summed E-state index contributed by atoms with van der Waals surface area (Å²) < 4.78 is 30.7. The average molecular weight is 323 g/mol. The van der Waals surface area contributed by atoms with Gasteiger partial charge in [0.15, 0.2) is 9.84 Å². The Morgan fingerprint density at radius 1 is 1.32 bits per heavy atom. The largest absolute Gasteiger partial charge is 0.463 e. The van der Waals surface area contributed by atoms with E-state index in [1.54, 1.807) is 32.0 Å². The van der Waals surface area contributed by atoms with Crippen LogP contribution in [0.15, 0.2) is 23.1 Å². The fourth-order valence-electron chi connectivity index (χ4n) is 2.53. The first-order valence-electron chi connectivity index (χ1n) is 7.08. The number of hydrogen-bond donors (Lipinski definition) is 0. The van der Waals surface area contributed by atoms with Crippen molar-refractivity contribution in [2.24, 2.45) is 7.05 Å². The summed E-state index contributed by atoms with van der Waals surface area (Å²) >= 11 is 0. The molecule has 0 spiro atoms. The quantitative estimate of drug-likeness (QED) is 0.810. The number of fused-ring (bicyclic) bond motifs is 1. The zero-order chi connectivity index (χ0) is 16.7. The van der Waals surface area contributed by atoms with Crippen molar-refractivity contribution in [1.82, 2.24) is 4.57 Å². The number of sulfone groups is 1. The van der Waals surface area contributed by atoms with Gasteiger partial charge in [-0.15, -0.1) is 0 Å². The Labute approximate surface area is 130 Å². The van der Waals surface area contributed by atoms with Gasteiger partial charge in [-0.1, -0.05) is 0 Å². The van der Waals surface area contributed by atoms with Crippen molar-refractivity contribution in [2.75, 3.05) is 6.26 Å². The smallest absolute Gasteiger partial charge is 0.310 e. The van der Waals surface area contributed by atoms with Crippen LogP contribution < -0.4 is 0 Å². The summed E-state index contributed by atoms with van der Waals surface area (Å²) in [6.45, 7) is 5.52. The number of aryl methyl sites for hydroxylation is 1. The Morgan fingerprint density at radius 2 is 1.95 bits per heavy atom. The third kappa shape index (κ3) is 3.16. The number of nitrogens with zero attached hydrogens (tertiary/aromatic N) is 1. The standard InChI is InChI=1S/C16H21NO4S/c1-10(2)21-16(18)9-13-11(3)17(4)15-7-6-12(8-14(13)15)22(5,19)20/h6-8,10H,9H2,1-5H3. The third-order valence-corrected chi connectivity index (χ3v) is 4.82. The van der Waals surface area contributed by atoms with Gasteiger partial charge in [0, 0.05) is 29.9 Å². The topological polar surface area (TPSA) is 65.4 Å². The molecule has 0 aliphatic carbocycles. The summed E-state index contributed by atoms with van der Waals surface area (Å²) in [5, 5.41) is 0.781. The number of rotatable bonds is 4. The third-order valence-electron chi connectivity index (χ3n) is 3.71. The maximum Gasteiger partial charge on any atom is 0.310 e. The van der Waals surface area contributed by atoms with Crippen LogP contribution in [-0.2, 0) is 32.8 Å². The summed E-state index contributed by atoms with van der Waals surface area (Å²) in [5.74, 6) is -0.310. The van der Waals surface area contributed by atoms with Crippen LogP contribution >= 0.6 is 0 Å². The number of carbonyl (C=O) groups is 1. The number of carbonyl (C=O) groups excluding carboxylic acids is 1. The molecule has 1 aromatic carbocycles. The number of aromatic nitrogens is 1. The van der Waals surface area contributed by atoms with Gasteiger partial charge in [0.1, 0.15) is 0 Å². The fourth-order valence-corrected chi connectivity index (χ4v) is 3.18.